The summed E-state index contributed by atoms with van der Waals surface area (Å²) >= 11 is 1.66. The Morgan fingerprint density at radius 1 is 0.433 bits per heavy atom. The van der Waals surface area contributed by atoms with E-state index < -0.39 is 39.1 Å². The van der Waals surface area contributed by atoms with Gasteiger partial charge in [-0.3, -0.25) is 0 Å². The van der Waals surface area contributed by atoms with Gasteiger partial charge in [0.05, 0.1) is 41.9 Å². The molecule has 0 aromatic heterocycles. The minimum atomic E-state index is -3.58. The Labute approximate surface area is 355 Å². The first-order valence-electron chi connectivity index (χ1n) is 17.8. The van der Waals surface area contributed by atoms with Crippen LogP contribution in [0.3, 0.4) is 0 Å². The second-order valence-corrected chi connectivity index (χ2v) is 17.0. The number of benzene rings is 6. The summed E-state index contributed by atoms with van der Waals surface area (Å²) in [5.74, 6) is 1.03. The van der Waals surface area contributed by atoms with Gasteiger partial charge in [-0.2, -0.15) is 0 Å². The maximum atomic E-state index is 12.4. The molecule has 6 rings (SSSR count). The second-order valence-electron chi connectivity index (χ2n) is 12.4. The van der Waals surface area contributed by atoms with Crippen LogP contribution in [-0.4, -0.2) is 52.4 Å². The largest absolute Gasteiger partial charge is 0.513 e. The van der Waals surface area contributed by atoms with Crippen molar-refractivity contribution in [3.63, 3.8) is 0 Å². The van der Waals surface area contributed by atoms with Gasteiger partial charge in [-0.1, -0.05) is 64.9 Å². The van der Waals surface area contributed by atoms with Crippen LogP contribution in [0.1, 0.15) is 16.7 Å². The normalized spacial score (nSPS) is 10.9. The zero-order valence-corrected chi connectivity index (χ0v) is 35.9. The van der Waals surface area contributed by atoms with Crippen molar-refractivity contribution < 1.29 is 55.4 Å². The summed E-state index contributed by atoms with van der Waals surface area (Å²) in [6.07, 6.45) is -2.35. The highest BCUT2D eigenvalue weighted by molar-refractivity contribution is 7.99. The lowest BCUT2D eigenvalue weighted by atomic mass is 10.2. The molecular formula is C45H42O12S3. The predicted octanol–water partition coefficient (Wildman–Crippen LogP) is 10.6. The lowest BCUT2D eigenvalue weighted by molar-refractivity contribution is 0.120. The molecule has 0 aliphatic rings. The number of ether oxygens (including phenoxy) is 6. The molecule has 0 fully saturated rings. The Balaban J connectivity index is 0.000000199. The number of rotatable bonds is 9. The van der Waals surface area contributed by atoms with Gasteiger partial charge in [-0.15, -0.1) is 0 Å². The van der Waals surface area contributed by atoms with Crippen molar-refractivity contribution in [3.8, 4) is 17.2 Å². The van der Waals surface area contributed by atoms with Gasteiger partial charge < -0.3 is 28.4 Å². The highest BCUT2D eigenvalue weighted by Crippen LogP contribution is 2.29. The minimum Gasteiger partial charge on any atom is -0.437 e. The van der Waals surface area contributed by atoms with Crippen molar-refractivity contribution in [2.24, 2.45) is 0 Å². The van der Waals surface area contributed by atoms with Crippen LogP contribution in [-0.2, 0) is 34.8 Å². The zero-order chi connectivity index (χ0) is 43.7. The van der Waals surface area contributed by atoms with E-state index in [9.17, 15) is 27.0 Å². The standard InChI is InChI=1S/C15H14O5S.C15H14O4S.C15H14O3S/c1-11-3-7-13(8-4-11)21(17,18)14-9-5-12(6-10-14)20-15(16)19-2;1-11-3-7-13(8-4-11)20(17)14-9-5-12(6-10-14)19-15(16)18-2;1-11-3-7-13(8-4-11)19-14-9-5-12(6-10-14)18-15(16)17-2/h3-10H,1-2H3;3-10H,1-2H3;3-10H,1-2H3. The predicted molar refractivity (Wildman–Crippen MR) is 226 cm³/mol. The summed E-state index contributed by atoms with van der Waals surface area (Å²) in [5, 5.41) is 0. The average Bonchev–Trinajstić information content (AvgIpc) is 3.26. The first-order valence-corrected chi connectivity index (χ1v) is 21.3. The minimum absolute atomic E-state index is 0.128. The SMILES string of the molecule is COC(=O)Oc1ccc(S(=O)(=O)c2ccc(C)cc2)cc1.COC(=O)Oc1ccc(S(=O)c2ccc(C)cc2)cc1.COC(=O)Oc1ccc(Sc2ccc(C)cc2)cc1. The van der Waals surface area contributed by atoms with E-state index in [1.165, 1.54) is 56.1 Å². The van der Waals surface area contributed by atoms with Gasteiger partial charge in [0.2, 0.25) is 9.84 Å². The topological polar surface area (TPSA) is 158 Å². The van der Waals surface area contributed by atoms with Gasteiger partial charge in [0.25, 0.3) is 0 Å². The molecule has 0 saturated carbocycles. The molecular weight excluding hydrogens is 829 g/mol. The molecule has 12 nitrogen and oxygen atoms in total. The molecule has 0 heterocycles. The third-order valence-corrected chi connectivity index (χ3v) is 12.1. The summed E-state index contributed by atoms with van der Waals surface area (Å²) in [5.41, 5.74) is 3.34. The molecule has 1 atom stereocenters. The van der Waals surface area contributed by atoms with Gasteiger partial charge >= 0.3 is 18.5 Å². The molecule has 0 aliphatic carbocycles. The fraction of sp³-hybridized carbons (Fsp3) is 0.133. The summed E-state index contributed by atoms with van der Waals surface area (Å²) < 4.78 is 64.9. The second kappa shape index (κ2) is 22.7. The smallest absolute Gasteiger partial charge is 0.437 e. The van der Waals surface area contributed by atoms with Crippen LogP contribution in [0.5, 0.6) is 17.2 Å². The van der Waals surface area contributed by atoms with E-state index in [1.807, 2.05) is 50.2 Å². The first-order chi connectivity index (χ1) is 28.7. The van der Waals surface area contributed by atoms with Crippen molar-refractivity contribution in [2.75, 3.05) is 21.3 Å². The molecule has 0 bridgehead atoms. The van der Waals surface area contributed by atoms with Crippen molar-refractivity contribution in [2.45, 2.75) is 50.1 Å². The van der Waals surface area contributed by atoms with Crippen LogP contribution in [0, 0.1) is 20.8 Å². The van der Waals surface area contributed by atoms with E-state index in [0.29, 0.717) is 16.4 Å². The Kier molecular flexibility index (Phi) is 17.5. The van der Waals surface area contributed by atoms with Crippen molar-refractivity contribution in [1.29, 1.82) is 0 Å². The van der Waals surface area contributed by atoms with Crippen LogP contribution in [0.4, 0.5) is 14.4 Å². The summed E-state index contributed by atoms with van der Waals surface area (Å²) in [6.45, 7) is 5.92. The van der Waals surface area contributed by atoms with Crippen molar-refractivity contribution in [3.05, 3.63) is 162 Å². The van der Waals surface area contributed by atoms with Gasteiger partial charge in [0.15, 0.2) is 0 Å². The van der Waals surface area contributed by atoms with Gasteiger partial charge in [-0.05, 0) is 130 Å². The number of aryl methyl sites for hydroxylation is 3. The fourth-order valence-electron chi connectivity index (χ4n) is 4.70. The molecule has 15 heteroatoms. The quantitative estimate of drug-likeness (QED) is 0.0768. The molecule has 0 saturated heterocycles. The Hall–Kier alpha value is -6.42. The van der Waals surface area contributed by atoms with E-state index in [1.54, 1.807) is 72.4 Å². The fourth-order valence-corrected chi connectivity index (χ4v) is 7.82. The van der Waals surface area contributed by atoms with Gasteiger partial charge in [0.1, 0.15) is 17.2 Å². The van der Waals surface area contributed by atoms with E-state index >= 15 is 0 Å². The van der Waals surface area contributed by atoms with Crippen LogP contribution >= 0.6 is 11.8 Å². The zero-order valence-electron chi connectivity index (χ0n) is 33.5. The van der Waals surface area contributed by atoms with E-state index in [4.69, 9.17) is 14.2 Å². The lowest BCUT2D eigenvalue weighted by Gasteiger charge is -2.06. The molecule has 0 N–H and O–H groups in total. The third kappa shape index (κ3) is 14.4. The van der Waals surface area contributed by atoms with Crippen molar-refractivity contribution in [1.82, 2.24) is 0 Å². The van der Waals surface area contributed by atoms with Gasteiger partial charge in [-0.25, -0.2) is 27.0 Å². The number of carbonyl (C=O) groups is 3. The summed E-state index contributed by atoms with van der Waals surface area (Å²) in [6, 6.07) is 41.8. The molecule has 312 valence electrons. The average molecular weight is 871 g/mol. The Bertz CT molecular complexity index is 2450. The van der Waals surface area contributed by atoms with Crippen molar-refractivity contribution >= 4 is 50.9 Å². The monoisotopic (exact) mass is 870 g/mol. The first kappa shape index (κ1) is 46.3. The molecule has 0 aliphatic heterocycles. The number of sulfone groups is 1. The van der Waals surface area contributed by atoms with Gasteiger partial charge in [0, 0.05) is 19.6 Å². The molecule has 1 unspecified atom stereocenters. The lowest BCUT2D eigenvalue weighted by Crippen LogP contribution is -2.07. The molecule has 6 aromatic carbocycles. The number of methoxy groups -OCH3 is 3. The van der Waals surface area contributed by atoms with Crippen LogP contribution in [0.25, 0.3) is 0 Å². The van der Waals surface area contributed by atoms with E-state index in [0.717, 1.165) is 20.9 Å². The van der Waals surface area contributed by atoms with Crippen LogP contribution in [0.2, 0.25) is 0 Å². The Morgan fingerprint density at radius 3 is 1.07 bits per heavy atom. The summed E-state index contributed by atoms with van der Waals surface area (Å²) in [7, 11) is -1.11. The van der Waals surface area contributed by atoms with Crippen LogP contribution < -0.4 is 14.2 Å². The number of hydrogen-bond donors (Lipinski definition) is 0. The highest BCUT2D eigenvalue weighted by Gasteiger charge is 2.18. The molecule has 60 heavy (non-hydrogen) atoms. The van der Waals surface area contributed by atoms with Crippen LogP contribution in [0.15, 0.2) is 175 Å². The summed E-state index contributed by atoms with van der Waals surface area (Å²) in [4.78, 5) is 36.8. The Morgan fingerprint density at radius 2 is 0.700 bits per heavy atom. The third-order valence-electron chi connectivity index (χ3n) is 7.92. The number of carbonyl (C=O) groups excluding carboxylic acids is 3. The molecule has 6 aromatic rings. The number of hydrogen-bond acceptors (Lipinski definition) is 13. The maximum absolute atomic E-state index is 12.4. The van der Waals surface area contributed by atoms with E-state index in [-0.39, 0.29) is 15.5 Å². The van der Waals surface area contributed by atoms with E-state index in [2.05, 4.69) is 45.4 Å². The molecule has 0 spiro atoms. The molecule has 0 radical (unpaired) electrons. The maximum Gasteiger partial charge on any atom is 0.513 e. The highest BCUT2D eigenvalue weighted by atomic mass is 32.2. The molecule has 0 amide bonds.